The summed E-state index contributed by atoms with van der Waals surface area (Å²) >= 11 is 0. The van der Waals surface area contributed by atoms with Gasteiger partial charge in [0.05, 0.1) is 0 Å². The van der Waals surface area contributed by atoms with Gasteiger partial charge in [0.15, 0.2) is 6.10 Å². The van der Waals surface area contributed by atoms with E-state index in [1.165, 1.54) is 6.92 Å². The van der Waals surface area contributed by atoms with Crippen LogP contribution in [0.25, 0.3) is 0 Å². The van der Waals surface area contributed by atoms with Crippen LogP contribution in [-0.2, 0) is 19.7 Å². The number of esters is 1. The molecule has 8 heteroatoms. The Morgan fingerprint density at radius 2 is 1.68 bits per heavy atom. The number of carbonyl (C=O) groups is 4. The molecule has 0 heterocycles. The van der Waals surface area contributed by atoms with E-state index < -0.39 is 36.5 Å². The monoisotopic (exact) mass is 349 g/mol. The van der Waals surface area contributed by atoms with Gasteiger partial charge < -0.3 is 15.8 Å². The van der Waals surface area contributed by atoms with Gasteiger partial charge in [0.25, 0.3) is 11.8 Å². The molecule has 0 aliphatic rings. The lowest BCUT2D eigenvalue weighted by Crippen LogP contribution is -2.43. The Bertz CT molecular complexity index is 662. The van der Waals surface area contributed by atoms with E-state index in [-0.39, 0.29) is 5.41 Å². The molecule has 0 bridgehead atoms. The standard InChI is InChI=1S/C17H23N3O5/c1-10(14(22)20-16(18)24)25-13(21)9-19-15(23)11-5-7-12(8-6-11)17(2,3)4/h5-8,10H,9H2,1-4H3,(H,19,23)(H3,18,20,22,24)/t10-/m0/s1. The van der Waals surface area contributed by atoms with E-state index in [9.17, 15) is 19.2 Å². The summed E-state index contributed by atoms with van der Waals surface area (Å²) in [6.07, 6.45) is -1.21. The van der Waals surface area contributed by atoms with Crippen LogP contribution in [0.2, 0.25) is 0 Å². The van der Waals surface area contributed by atoms with Crippen molar-refractivity contribution >= 4 is 23.8 Å². The van der Waals surface area contributed by atoms with Gasteiger partial charge >= 0.3 is 12.0 Å². The number of primary amides is 1. The van der Waals surface area contributed by atoms with Crippen LogP contribution < -0.4 is 16.4 Å². The molecule has 1 rings (SSSR count). The van der Waals surface area contributed by atoms with Crippen molar-refractivity contribution < 1.29 is 23.9 Å². The number of imide groups is 1. The van der Waals surface area contributed by atoms with Crippen molar-refractivity contribution in [3.63, 3.8) is 0 Å². The minimum absolute atomic E-state index is 0.0273. The molecular weight excluding hydrogens is 326 g/mol. The lowest BCUT2D eigenvalue weighted by molar-refractivity contribution is -0.153. The summed E-state index contributed by atoms with van der Waals surface area (Å²) in [6, 6.07) is 6.00. The van der Waals surface area contributed by atoms with Crippen LogP contribution in [0.1, 0.15) is 43.6 Å². The molecule has 0 fully saturated rings. The van der Waals surface area contributed by atoms with Crippen LogP contribution in [0.3, 0.4) is 0 Å². The predicted octanol–water partition coefficient (Wildman–Crippen LogP) is 0.841. The van der Waals surface area contributed by atoms with E-state index in [2.05, 4.69) is 26.1 Å². The maximum absolute atomic E-state index is 12.0. The molecule has 8 nitrogen and oxygen atoms in total. The second kappa shape index (κ2) is 8.27. The number of ether oxygens (including phenoxy) is 1. The van der Waals surface area contributed by atoms with E-state index in [0.717, 1.165) is 5.56 Å². The minimum Gasteiger partial charge on any atom is -0.451 e. The average Bonchev–Trinajstić information content (AvgIpc) is 2.51. The van der Waals surface area contributed by atoms with Crippen LogP contribution in [0, 0.1) is 0 Å². The van der Waals surface area contributed by atoms with Crippen molar-refractivity contribution in [1.82, 2.24) is 10.6 Å². The predicted molar refractivity (Wildman–Crippen MR) is 90.8 cm³/mol. The molecule has 0 unspecified atom stereocenters. The Morgan fingerprint density at radius 1 is 1.12 bits per heavy atom. The molecule has 25 heavy (non-hydrogen) atoms. The average molecular weight is 349 g/mol. The molecule has 1 atom stereocenters. The van der Waals surface area contributed by atoms with Crippen LogP contribution in [0.5, 0.6) is 0 Å². The number of amides is 4. The second-order valence-corrected chi connectivity index (χ2v) is 6.50. The lowest BCUT2D eigenvalue weighted by atomic mass is 9.87. The summed E-state index contributed by atoms with van der Waals surface area (Å²) < 4.78 is 4.79. The first-order valence-corrected chi connectivity index (χ1v) is 7.69. The topological polar surface area (TPSA) is 128 Å². The highest BCUT2D eigenvalue weighted by Crippen LogP contribution is 2.22. The Morgan fingerprint density at radius 3 is 2.16 bits per heavy atom. The van der Waals surface area contributed by atoms with E-state index >= 15 is 0 Å². The Balaban J connectivity index is 2.52. The molecule has 1 aromatic carbocycles. The van der Waals surface area contributed by atoms with Crippen molar-refractivity contribution in [2.45, 2.75) is 39.2 Å². The zero-order valence-corrected chi connectivity index (χ0v) is 14.7. The summed E-state index contributed by atoms with van der Waals surface area (Å²) in [7, 11) is 0. The van der Waals surface area contributed by atoms with Gasteiger partial charge in [-0.1, -0.05) is 32.9 Å². The molecule has 0 spiro atoms. The van der Waals surface area contributed by atoms with E-state index in [4.69, 9.17) is 10.5 Å². The summed E-state index contributed by atoms with van der Waals surface area (Å²) in [5.41, 5.74) is 6.25. The van der Waals surface area contributed by atoms with Gasteiger partial charge in [-0.25, -0.2) is 4.79 Å². The summed E-state index contributed by atoms with van der Waals surface area (Å²) in [5, 5.41) is 4.20. The number of urea groups is 1. The van der Waals surface area contributed by atoms with Gasteiger partial charge in [0.2, 0.25) is 0 Å². The first-order valence-electron chi connectivity index (χ1n) is 7.69. The van der Waals surface area contributed by atoms with Gasteiger partial charge in [-0.2, -0.15) is 0 Å². The quantitative estimate of drug-likeness (QED) is 0.679. The van der Waals surface area contributed by atoms with Crippen molar-refractivity contribution in [1.29, 1.82) is 0 Å². The third kappa shape index (κ3) is 6.62. The zero-order chi connectivity index (χ0) is 19.2. The van der Waals surface area contributed by atoms with E-state index in [1.54, 1.807) is 17.4 Å². The fourth-order valence-electron chi connectivity index (χ4n) is 1.89. The van der Waals surface area contributed by atoms with Crippen LogP contribution in [0.15, 0.2) is 24.3 Å². The molecule has 0 aromatic heterocycles. The molecule has 0 saturated carbocycles. The Kier molecular flexibility index (Phi) is 6.67. The number of hydrogen-bond acceptors (Lipinski definition) is 5. The number of carbonyl (C=O) groups excluding carboxylic acids is 4. The molecule has 0 saturated heterocycles. The number of nitrogens with one attached hydrogen (secondary N) is 2. The first-order chi connectivity index (χ1) is 11.5. The van der Waals surface area contributed by atoms with Crippen LogP contribution in [-0.4, -0.2) is 36.5 Å². The lowest BCUT2D eigenvalue weighted by Gasteiger charge is -2.19. The highest BCUT2D eigenvalue weighted by molar-refractivity contribution is 5.97. The van der Waals surface area contributed by atoms with Crippen LogP contribution >= 0.6 is 0 Å². The highest BCUT2D eigenvalue weighted by Gasteiger charge is 2.19. The van der Waals surface area contributed by atoms with Gasteiger partial charge in [0.1, 0.15) is 6.54 Å². The van der Waals surface area contributed by atoms with Crippen molar-refractivity contribution in [2.24, 2.45) is 5.73 Å². The third-order valence-corrected chi connectivity index (χ3v) is 3.33. The number of rotatable bonds is 5. The Labute approximate surface area is 146 Å². The zero-order valence-electron chi connectivity index (χ0n) is 14.7. The summed E-state index contributed by atoms with van der Waals surface area (Å²) in [5.74, 6) is -2.09. The van der Waals surface area contributed by atoms with Crippen molar-refractivity contribution in [2.75, 3.05) is 6.54 Å². The minimum atomic E-state index is -1.21. The summed E-state index contributed by atoms with van der Waals surface area (Å²) in [6.45, 7) is 7.06. The van der Waals surface area contributed by atoms with Crippen LogP contribution in [0.4, 0.5) is 4.79 Å². The second-order valence-electron chi connectivity index (χ2n) is 6.50. The number of hydrogen-bond donors (Lipinski definition) is 3. The third-order valence-electron chi connectivity index (χ3n) is 3.33. The van der Waals surface area contributed by atoms with Crippen molar-refractivity contribution in [3.8, 4) is 0 Å². The molecule has 0 aliphatic heterocycles. The largest absolute Gasteiger partial charge is 0.451 e. The first kappa shape index (κ1) is 20.1. The fraction of sp³-hybridized carbons (Fsp3) is 0.412. The normalized spacial score (nSPS) is 12.0. The number of benzene rings is 1. The molecule has 0 aliphatic carbocycles. The molecule has 1 aromatic rings. The van der Waals surface area contributed by atoms with E-state index in [0.29, 0.717) is 5.56 Å². The number of nitrogens with two attached hydrogens (primary N) is 1. The molecular formula is C17H23N3O5. The molecule has 0 radical (unpaired) electrons. The van der Waals surface area contributed by atoms with E-state index in [1.807, 2.05) is 12.1 Å². The molecule has 136 valence electrons. The maximum Gasteiger partial charge on any atom is 0.326 e. The SMILES string of the molecule is C[C@H](OC(=O)CNC(=O)c1ccc(C(C)(C)C)cc1)C(=O)NC(N)=O. The molecule has 4 amide bonds. The fourth-order valence-corrected chi connectivity index (χ4v) is 1.89. The van der Waals surface area contributed by atoms with Gasteiger partial charge in [-0.15, -0.1) is 0 Å². The Hall–Kier alpha value is -2.90. The summed E-state index contributed by atoms with van der Waals surface area (Å²) in [4.78, 5) is 45.6. The van der Waals surface area contributed by atoms with Gasteiger partial charge in [-0.05, 0) is 30.0 Å². The maximum atomic E-state index is 12.0. The smallest absolute Gasteiger partial charge is 0.326 e. The van der Waals surface area contributed by atoms with Gasteiger partial charge in [0, 0.05) is 5.56 Å². The van der Waals surface area contributed by atoms with Crippen molar-refractivity contribution in [3.05, 3.63) is 35.4 Å². The van der Waals surface area contributed by atoms with Gasteiger partial charge in [-0.3, -0.25) is 19.7 Å². The molecule has 4 N–H and O–H groups in total. The highest BCUT2D eigenvalue weighted by atomic mass is 16.5.